The van der Waals surface area contributed by atoms with Crippen LogP contribution in [0.25, 0.3) is 0 Å². The number of hydrogen-bond donors (Lipinski definition) is 1. The fourth-order valence-corrected chi connectivity index (χ4v) is 3.49. The summed E-state index contributed by atoms with van der Waals surface area (Å²) in [6.07, 6.45) is 5.63. The average Bonchev–Trinajstić information content (AvgIpc) is 2.56. The minimum Gasteiger partial charge on any atom is -0.327 e. The lowest BCUT2D eigenvalue weighted by Gasteiger charge is -2.54. The van der Waals surface area contributed by atoms with Crippen molar-refractivity contribution in [2.75, 3.05) is 0 Å². The van der Waals surface area contributed by atoms with Gasteiger partial charge in [0.05, 0.1) is 5.69 Å². The standard InChI is InChI=1S/C13H23N3/c1-5-13(6-2)11(7-12(13)14)10-8-16(4)15-9(10)3/h8,11-12H,5-7,14H2,1-4H3. The molecule has 1 aromatic rings. The third-order valence-electron chi connectivity index (χ3n) is 4.67. The van der Waals surface area contributed by atoms with Gasteiger partial charge in [-0.05, 0) is 43.1 Å². The number of hydrogen-bond acceptors (Lipinski definition) is 2. The van der Waals surface area contributed by atoms with Crippen LogP contribution in [0.1, 0.15) is 50.3 Å². The van der Waals surface area contributed by atoms with E-state index in [1.54, 1.807) is 0 Å². The smallest absolute Gasteiger partial charge is 0.0628 e. The molecule has 1 heterocycles. The maximum atomic E-state index is 6.24. The molecule has 2 rings (SSSR count). The molecule has 1 saturated carbocycles. The highest BCUT2D eigenvalue weighted by Crippen LogP contribution is 2.56. The normalized spacial score (nSPS) is 27.8. The first-order valence-corrected chi connectivity index (χ1v) is 6.30. The van der Waals surface area contributed by atoms with Crippen LogP contribution in [0.4, 0.5) is 0 Å². The van der Waals surface area contributed by atoms with Crippen LogP contribution < -0.4 is 5.73 Å². The molecule has 1 fully saturated rings. The second-order valence-electron chi connectivity index (χ2n) is 5.18. The highest BCUT2D eigenvalue weighted by molar-refractivity contribution is 5.29. The third kappa shape index (κ3) is 1.41. The minimum absolute atomic E-state index is 0.313. The first kappa shape index (κ1) is 11.6. The van der Waals surface area contributed by atoms with Gasteiger partial charge in [0.25, 0.3) is 0 Å². The zero-order chi connectivity index (χ0) is 11.9. The summed E-state index contributed by atoms with van der Waals surface area (Å²) >= 11 is 0. The predicted octanol–water partition coefficient (Wildman–Crippen LogP) is 2.35. The second-order valence-corrected chi connectivity index (χ2v) is 5.18. The number of nitrogens with two attached hydrogens (primary N) is 1. The maximum absolute atomic E-state index is 6.24. The first-order chi connectivity index (χ1) is 7.55. The lowest BCUT2D eigenvalue weighted by atomic mass is 9.52. The van der Waals surface area contributed by atoms with E-state index < -0.39 is 0 Å². The molecule has 0 bridgehead atoms. The molecule has 0 saturated heterocycles. The minimum atomic E-state index is 0.313. The molecule has 1 aliphatic rings. The molecule has 0 amide bonds. The van der Waals surface area contributed by atoms with Crippen LogP contribution in [0, 0.1) is 12.3 Å². The van der Waals surface area contributed by atoms with Gasteiger partial charge in [-0.25, -0.2) is 0 Å². The van der Waals surface area contributed by atoms with Gasteiger partial charge in [0.1, 0.15) is 0 Å². The van der Waals surface area contributed by atoms with Crippen LogP contribution >= 0.6 is 0 Å². The summed E-state index contributed by atoms with van der Waals surface area (Å²) in [5, 5.41) is 4.45. The van der Waals surface area contributed by atoms with Gasteiger partial charge in [0.15, 0.2) is 0 Å². The number of rotatable bonds is 3. The number of aryl methyl sites for hydroxylation is 2. The van der Waals surface area contributed by atoms with Gasteiger partial charge in [0.2, 0.25) is 0 Å². The van der Waals surface area contributed by atoms with E-state index in [0.717, 1.165) is 6.42 Å². The molecule has 90 valence electrons. The van der Waals surface area contributed by atoms with E-state index >= 15 is 0 Å². The summed E-state index contributed by atoms with van der Waals surface area (Å²) in [6.45, 7) is 6.64. The fourth-order valence-electron chi connectivity index (χ4n) is 3.49. The van der Waals surface area contributed by atoms with E-state index in [0.29, 0.717) is 17.4 Å². The van der Waals surface area contributed by atoms with Gasteiger partial charge in [-0.1, -0.05) is 13.8 Å². The summed E-state index contributed by atoms with van der Waals surface area (Å²) in [7, 11) is 1.99. The average molecular weight is 221 g/mol. The van der Waals surface area contributed by atoms with E-state index in [1.165, 1.54) is 24.1 Å². The largest absolute Gasteiger partial charge is 0.327 e. The van der Waals surface area contributed by atoms with E-state index in [-0.39, 0.29) is 0 Å². The van der Waals surface area contributed by atoms with Crippen molar-refractivity contribution in [2.24, 2.45) is 18.2 Å². The molecule has 2 unspecified atom stereocenters. The Labute approximate surface area is 98.0 Å². The van der Waals surface area contributed by atoms with E-state index in [2.05, 4.69) is 32.1 Å². The molecule has 16 heavy (non-hydrogen) atoms. The van der Waals surface area contributed by atoms with Gasteiger partial charge < -0.3 is 5.73 Å². The Morgan fingerprint density at radius 3 is 2.50 bits per heavy atom. The summed E-state index contributed by atoms with van der Waals surface area (Å²) in [5.74, 6) is 0.617. The summed E-state index contributed by atoms with van der Waals surface area (Å²) in [5.41, 5.74) is 9.13. The summed E-state index contributed by atoms with van der Waals surface area (Å²) < 4.78 is 1.92. The van der Waals surface area contributed by atoms with Gasteiger partial charge >= 0.3 is 0 Å². The molecule has 0 radical (unpaired) electrons. The molecule has 3 nitrogen and oxygen atoms in total. The number of nitrogens with zero attached hydrogens (tertiary/aromatic N) is 2. The molecule has 3 heteroatoms. The molecular weight excluding hydrogens is 198 g/mol. The second kappa shape index (κ2) is 3.88. The zero-order valence-corrected chi connectivity index (χ0v) is 10.8. The first-order valence-electron chi connectivity index (χ1n) is 6.30. The van der Waals surface area contributed by atoms with Gasteiger partial charge in [-0.2, -0.15) is 5.10 Å². The SMILES string of the molecule is CCC1(CC)C(N)CC1c1cn(C)nc1C. The Morgan fingerprint density at radius 1 is 1.50 bits per heavy atom. The molecular formula is C13H23N3. The van der Waals surface area contributed by atoms with E-state index in [9.17, 15) is 0 Å². The van der Waals surface area contributed by atoms with Gasteiger partial charge in [-0.15, -0.1) is 0 Å². The van der Waals surface area contributed by atoms with Crippen molar-refractivity contribution >= 4 is 0 Å². The van der Waals surface area contributed by atoms with Crippen LogP contribution in [0.5, 0.6) is 0 Å². The highest BCUT2D eigenvalue weighted by Gasteiger charge is 2.51. The van der Waals surface area contributed by atoms with Crippen molar-refractivity contribution in [1.29, 1.82) is 0 Å². The Kier molecular flexibility index (Phi) is 2.82. The van der Waals surface area contributed by atoms with E-state index in [1.807, 2.05) is 11.7 Å². The highest BCUT2D eigenvalue weighted by atomic mass is 15.2. The molecule has 0 spiro atoms. The lowest BCUT2D eigenvalue weighted by molar-refractivity contribution is 0.0434. The topological polar surface area (TPSA) is 43.8 Å². The van der Waals surface area contributed by atoms with Crippen LogP contribution in [0.15, 0.2) is 6.20 Å². The monoisotopic (exact) mass is 221 g/mol. The molecule has 2 N–H and O–H groups in total. The van der Waals surface area contributed by atoms with Crippen molar-refractivity contribution in [3.8, 4) is 0 Å². The van der Waals surface area contributed by atoms with Gasteiger partial charge in [-0.3, -0.25) is 4.68 Å². The molecule has 0 aliphatic heterocycles. The summed E-state index contributed by atoms with van der Waals surface area (Å²) in [6, 6.07) is 0.368. The number of aromatic nitrogens is 2. The molecule has 2 atom stereocenters. The fraction of sp³-hybridized carbons (Fsp3) is 0.769. The Morgan fingerprint density at radius 2 is 2.12 bits per heavy atom. The van der Waals surface area contributed by atoms with Crippen molar-refractivity contribution in [3.05, 3.63) is 17.5 Å². The maximum Gasteiger partial charge on any atom is 0.0628 e. The Balaban J connectivity index is 2.32. The van der Waals surface area contributed by atoms with Crippen molar-refractivity contribution < 1.29 is 0 Å². The predicted molar refractivity (Wildman–Crippen MR) is 66.3 cm³/mol. The van der Waals surface area contributed by atoms with Gasteiger partial charge in [0, 0.05) is 19.3 Å². The Hall–Kier alpha value is -0.830. The van der Waals surface area contributed by atoms with Crippen molar-refractivity contribution in [3.63, 3.8) is 0 Å². The van der Waals surface area contributed by atoms with Crippen LogP contribution in [0.3, 0.4) is 0 Å². The van der Waals surface area contributed by atoms with Crippen molar-refractivity contribution in [2.45, 2.75) is 52.0 Å². The van der Waals surface area contributed by atoms with Crippen LogP contribution in [-0.2, 0) is 7.05 Å². The van der Waals surface area contributed by atoms with Crippen LogP contribution in [0.2, 0.25) is 0 Å². The summed E-state index contributed by atoms with van der Waals surface area (Å²) in [4.78, 5) is 0. The van der Waals surface area contributed by atoms with Crippen molar-refractivity contribution in [1.82, 2.24) is 9.78 Å². The van der Waals surface area contributed by atoms with Crippen LogP contribution in [-0.4, -0.2) is 15.8 Å². The molecule has 1 aromatic heterocycles. The zero-order valence-electron chi connectivity index (χ0n) is 10.8. The molecule has 0 aromatic carbocycles. The van der Waals surface area contributed by atoms with E-state index in [4.69, 9.17) is 5.73 Å². The Bertz CT molecular complexity index is 377. The molecule has 1 aliphatic carbocycles. The lowest BCUT2D eigenvalue weighted by Crippen LogP contribution is -2.55. The quantitative estimate of drug-likeness (QED) is 0.851. The third-order valence-corrected chi connectivity index (χ3v) is 4.67.